The Morgan fingerprint density at radius 3 is 2.86 bits per heavy atom. The van der Waals surface area contributed by atoms with E-state index in [1.54, 1.807) is 6.92 Å². The van der Waals surface area contributed by atoms with Crippen molar-refractivity contribution in [3.8, 4) is 5.75 Å². The van der Waals surface area contributed by atoms with Gasteiger partial charge in [-0.05, 0) is 0 Å². The molecule has 0 radical (unpaired) electrons. The van der Waals surface area contributed by atoms with Crippen LogP contribution in [0.4, 0.5) is 15.8 Å². The molecule has 0 atom stereocenters. The lowest BCUT2D eigenvalue weighted by Crippen LogP contribution is -2.08. The van der Waals surface area contributed by atoms with Crippen molar-refractivity contribution in [3.05, 3.63) is 39.8 Å². The van der Waals surface area contributed by atoms with Crippen LogP contribution in [0.5, 0.6) is 5.75 Å². The van der Waals surface area contributed by atoms with E-state index in [2.05, 4.69) is 15.5 Å². The first-order chi connectivity index (χ1) is 10.0. The fourth-order valence-corrected chi connectivity index (χ4v) is 1.74. The number of nitro benzene ring substituents is 1. The SMILES string of the molecule is COc1cc(NCCc2noc(C)n2)c(F)cc1[N+](=O)[O-]. The fourth-order valence-electron chi connectivity index (χ4n) is 1.74. The molecule has 0 bridgehead atoms. The van der Waals surface area contributed by atoms with E-state index in [1.807, 2.05) is 0 Å². The molecule has 2 rings (SSSR count). The van der Waals surface area contributed by atoms with Crippen molar-refractivity contribution in [2.24, 2.45) is 0 Å². The number of nitrogens with one attached hydrogen (secondary N) is 1. The van der Waals surface area contributed by atoms with E-state index < -0.39 is 16.4 Å². The van der Waals surface area contributed by atoms with Crippen molar-refractivity contribution in [2.45, 2.75) is 13.3 Å². The van der Waals surface area contributed by atoms with Gasteiger partial charge in [0, 0.05) is 26.0 Å². The number of nitro groups is 1. The number of hydrogen-bond acceptors (Lipinski definition) is 7. The van der Waals surface area contributed by atoms with Gasteiger partial charge in [-0.1, -0.05) is 5.16 Å². The highest BCUT2D eigenvalue weighted by atomic mass is 19.1. The second-order valence-electron chi connectivity index (χ2n) is 4.17. The normalized spacial score (nSPS) is 10.4. The van der Waals surface area contributed by atoms with E-state index in [1.165, 1.54) is 13.2 Å². The number of aryl methyl sites for hydroxylation is 1. The molecule has 9 heteroatoms. The molecule has 0 amide bonds. The summed E-state index contributed by atoms with van der Waals surface area (Å²) in [5.41, 5.74) is -0.313. The standard InChI is InChI=1S/C12H13FN4O4/c1-7-15-12(16-21-7)3-4-14-9-6-11(20-2)10(17(18)19)5-8(9)13/h5-6,14H,3-4H2,1-2H3. The molecule has 0 aliphatic heterocycles. The van der Waals surface area contributed by atoms with Crippen molar-refractivity contribution >= 4 is 11.4 Å². The number of aromatic nitrogens is 2. The first-order valence-corrected chi connectivity index (χ1v) is 6.06. The van der Waals surface area contributed by atoms with Crippen LogP contribution in [0.1, 0.15) is 11.7 Å². The predicted molar refractivity (Wildman–Crippen MR) is 70.8 cm³/mol. The highest BCUT2D eigenvalue weighted by Crippen LogP contribution is 2.32. The van der Waals surface area contributed by atoms with E-state index in [9.17, 15) is 14.5 Å². The summed E-state index contributed by atoms with van der Waals surface area (Å²) in [6.45, 7) is 2.02. The minimum atomic E-state index is -0.730. The lowest BCUT2D eigenvalue weighted by atomic mass is 10.2. The topological polar surface area (TPSA) is 103 Å². The molecular weight excluding hydrogens is 283 g/mol. The number of methoxy groups -OCH3 is 1. The van der Waals surface area contributed by atoms with E-state index in [-0.39, 0.29) is 11.4 Å². The van der Waals surface area contributed by atoms with Gasteiger partial charge in [0.25, 0.3) is 0 Å². The van der Waals surface area contributed by atoms with Crippen molar-refractivity contribution in [1.29, 1.82) is 0 Å². The van der Waals surface area contributed by atoms with E-state index in [4.69, 9.17) is 9.26 Å². The molecule has 1 heterocycles. The van der Waals surface area contributed by atoms with Crippen molar-refractivity contribution in [1.82, 2.24) is 10.1 Å². The smallest absolute Gasteiger partial charge is 0.313 e. The van der Waals surface area contributed by atoms with Gasteiger partial charge in [0.05, 0.1) is 23.8 Å². The maximum atomic E-state index is 13.8. The highest BCUT2D eigenvalue weighted by molar-refractivity contribution is 5.59. The van der Waals surface area contributed by atoms with Crippen LogP contribution in [0.2, 0.25) is 0 Å². The van der Waals surface area contributed by atoms with Crippen molar-refractivity contribution in [2.75, 3.05) is 19.0 Å². The highest BCUT2D eigenvalue weighted by Gasteiger charge is 2.19. The number of ether oxygens (including phenoxy) is 1. The second kappa shape index (κ2) is 6.16. The Labute approximate surface area is 119 Å². The third-order valence-corrected chi connectivity index (χ3v) is 2.70. The number of benzene rings is 1. The molecule has 8 nitrogen and oxygen atoms in total. The predicted octanol–water partition coefficient (Wildman–Crippen LogP) is 2.09. The van der Waals surface area contributed by atoms with Crippen molar-refractivity contribution in [3.63, 3.8) is 0 Å². The van der Waals surface area contributed by atoms with Gasteiger partial charge in [-0.3, -0.25) is 10.1 Å². The Morgan fingerprint density at radius 2 is 2.29 bits per heavy atom. The molecule has 0 fully saturated rings. The Hall–Kier alpha value is -2.71. The maximum Gasteiger partial charge on any atom is 0.313 e. The number of rotatable bonds is 6. The van der Waals surface area contributed by atoms with E-state index in [0.29, 0.717) is 24.7 Å². The quantitative estimate of drug-likeness (QED) is 0.643. The van der Waals surface area contributed by atoms with E-state index >= 15 is 0 Å². The zero-order valence-electron chi connectivity index (χ0n) is 11.4. The van der Waals surface area contributed by atoms with Gasteiger partial charge in [-0.25, -0.2) is 4.39 Å². The van der Waals surface area contributed by atoms with Crippen LogP contribution in [0.3, 0.4) is 0 Å². The van der Waals surface area contributed by atoms with Crippen molar-refractivity contribution < 1.29 is 18.6 Å². The summed E-state index contributed by atoms with van der Waals surface area (Å²) in [6.07, 6.45) is 0.427. The molecule has 2 aromatic rings. The van der Waals surface area contributed by atoms with Crippen LogP contribution in [-0.4, -0.2) is 28.7 Å². The Bertz CT molecular complexity index is 659. The summed E-state index contributed by atoms with van der Waals surface area (Å²) < 4.78 is 23.5. The maximum absolute atomic E-state index is 13.8. The third kappa shape index (κ3) is 3.44. The van der Waals surface area contributed by atoms with Crippen LogP contribution in [-0.2, 0) is 6.42 Å². The fraction of sp³-hybridized carbons (Fsp3) is 0.333. The molecule has 0 unspecified atom stereocenters. The van der Waals surface area contributed by atoms with Crippen LogP contribution in [0.25, 0.3) is 0 Å². The second-order valence-corrected chi connectivity index (χ2v) is 4.17. The third-order valence-electron chi connectivity index (χ3n) is 2.70. The Kier molecular flexibility index (Phi) is 4.31. The summed E-state index contributed by atoms with van der Waals surface area (Å²) in [5, 5.41) is 17.3. The van der Waals surface area contributed by atoms with Crippen LogP contribution < -0.4 is 10.1 Å². The van der Waals surface area contributed by atoms with Gasteiger partial charge in [0.15, 0.2) is 17.4 Å². The lowest BCUT2D eigenvalue weighted by molar-refractivity contribution is -0.385. The van der Waals surface area contributed by atoms with Gasteiger partial charge in [-0.2, -0.15) is 4.98 Å². The number of hydrogen-bond donors (Lipinski definition) is 1. The molecule has 0 spiro atoms. The number of halogens is 1. The van der Waals surface area contributed by atoms with Gasteiger partial charge in [0.1, 0.15) is 0 Å². The summed E-state index contributed by atoms with van der Waals surface area (Å²) >= 11 is 0. The molecule has 1 N–H and O–H groups in total. The lowest BCUT2D eigenvalue weighted by Gasteiger charge is -2.09. The van der Waals surface area contributed by atoms with Gasteiger partial charge in [0.2, 0.25) is 5.89 Å². The molecule has 0 aliphatic rings. The minimum absolute atomic E-state index is 0.0145. The first kappa shape index (κ1) is 14.7. The summed E-state index contributed by atoms with van der Waals surface area (Å²) in [5.74, 6) is 0.202. The molecule has 0 aliphatic carbocycles. The van der Waals surface area contributed by atoms with Crippen LogP contribution >= 0.6 is 0 Å². The number of anilines is 1. The zero-order chi connectivity index (χ0) is 15.4. The average Bonchev–Trinajstić information content (AvgIpc) is 2.85. The molecule has 0 saturated heterocycles. The average molecular weight is 296 g/mol. The zero-order valence-corrected chi connectivity index (χ0v) is 11.4. The van der Waals surface area contributed by atoms with Gasteiger partial charge in [-0.15, -0.1) is 0 Å². The first-order valence-electron chi connectivity index (χ1n) is 6.06. The Morgan fingerprint density at radius 1 is 1.52 bits per heavy atom. The van der Waals surface area contributed by atoms with Gasteiger partial charge >= 0.3 is 5.69 Å². The molecule has 1 aromatic heterocycles. The van der Waals surface area contributed by atoms with Gasteiger partial charge < -0.3 is 14.6 Å². The van der Waals surface area contributed by atoms with E-state index in [0.717, 1.165) is 6.07 Å². The molecule has 21 heavy (non-hydrogen) atoms. The largest absolute Gasteiger partial charge is 0.490 e. The molecule has 0 saturated carbocycles. The number of nitrogens with zero attached hydrogens (tertiary/aromatic N) is 3. The summed E-state index contributed by atoms with van der Waals surface area (Å²) in [4.78, 5) is 14.1. The summed E-state index contributed by atoms with van der Waals surface area (Å²) in [6, 6.07) is 2.06. The summed E-state index contributed by atoms with van der Waals surface area (Å²) in [7, 11) is 1.28. The molecular formula is C12H13FN4O4. The minimum Gasteiger partial charge on any atom is -0.490 e. The van der Waals surface area contributed by atoms with Crippen LogP contribution in [0, 0.1) is 22.9 Å². The monoisotopic (exact) mass is 296 g/mol. The molecule has 1 aromatic carbocycles. The Balaban J connectivity index is 2.07. The molecule has 112 valence electrons. The van der Waals surface area contributed by atoms with Crippen LogP contribution in [0.15, 0.2) is 16.7 Å².